The minimum atomic E-state index is -3.21. The van der Waals surface area contributed by atoms with Gasteiger partial charge in [-0.3, -0.25) is 19.2 Å². The van der Waals surface area contributed by atoms with Gasteiger partial charge in [0.25, 0.3) is 5.91 Å². The largest absolute Gasteiger partial charge is 0.477 e. The van der Waals surface area contributed by atoms with E-state index < -0.39 is 48.3 Å². The van der Waals surface area contributed by atoms with Gasteiger partial charge >= 0.3 is 12.4 Å². The van der Waals surface area contributed by atoms with Gasteiger partial charge in [0.15, 0.2) is 0 Å². The van der Waals surface area contributed by atoms with E-state index in [-0.39, 0.29) is 35.2 Å². The number of thioether (sulfide) groups is 1. The number of carbonyl (C=O) groups excluding carboxylic acids is 4. The summed E-state index contributed by atoms with van der Waals surface area (Å²) < 4.78 is 25.4. The molecular formula is C24H34F2N6O6S. The van der Waals surface area contributed by atoms with E-state index in [1.807, 2.05) is 0 Å². The lowest BCUT2D eigenvalue weighted by molar-refractivity contribution is -0.159. The summed E-state index contributed by atoms with van der Waals surface area (Å²) >= 11 is 1.32. The number of carbonyl (C=O) groups is 5. The normalized spacial score (nSPS) is 29.4. The number of likely N-dealkylation sites (N-methyl/N-ethyl adjacent to an activating group) is 1. The number of piperazine rings is 1. The Morgan fingerprint density at radius 1 is 1.15 bits per heavy atom. The third kappa shape index (κ3) is 5.61. The Morgan fingerprint density at radius 3 is 2.38 bits per heavy atom. The second kappa shape index (κ2) is 11.8. The minimum Gasteiger partial charge on any atom is -0.477 e. The Labute approximate surface area is 228 Å². The lowest BCUT2D eigenvalue weighted by Crippen LogP contribution is -2.66. The van der Waals surface area contributed by atoms with Crippen LogP contribution in [0.4, 0.5) is 8.78 Å². The third-order valence-corrected chi connectivity index (χ3v) is 9.36. The van der Waals surface area contributed by atoms with E-state index in [9.17, 15) is 37.9 Å². The van der Waals surface area contributed by atoms with Crippen LogP contribution >= 0.6 is 11.8 Å². The summed E-state index contributed by atoms with van der Waals surface area (Å²) in [5, 5.41) is 18.0. The van der Waals surface area contributed by atoms with Gasteiger partial charge in [-0.2, -0.15) is 8.78 Å². The highest BCUT2D eigenvalue weighted by Gasteiger charge is 2.60. The minimum absolute atomic E-state index is 0.00975. The summed E-state index contributed by atoms with van der Waals surface area (Å²) in [6, 6.07) is -1.89. The molecule has 15 heteroatoms. The van der Waals surface area contributed by atoms with Crippen LogP contribution in [0.25, 0.3) is 0 Å². The lowest BCUT2D eigenvalue weighted by atomic mass is 9.78. The fraction of sp³-hybridized carbons (Fsp3) is 0.708. The van der Waals surface area contributed by atoms with E-state index in [0.29, 0.717) is 44.0 Å². The second-order valence-electron chi connectivity index (χ2n) is 10.3. The Balaban J connectivity index is 1.37. The molecule has 4 N–H and O–H groups in total. The van der Waals surface area contributed by atoms with E-state index in [1.54, 1.807) is 23.8 Å². The molecule has 0 unspecified atom stereocenters. The summed E-state index contributed by atoms with van der Waals surface area (Å²) in [6.45, 7) is 5.78. The highest BCUT2D eigenvalue weighted by Crippen LogP contribution is 2.51. The van der Waals surface area contributed by atoms with Crippen LogP contribution < -0.4 is 16.0 Å². The molecule has 0 aromatic heterocycles. The lowest BCUT2D eigenvalue weighted by Gasteiger charge is -2.47. The van der Waals surface area contributed by atoms with Crippen LogP contribution in [-0.2, 0) is 24.0 Å². The first-order valence-corrected chi connectivity index (χ1v) is 13.8. The fourth-order valence-electron chi connectivity index (χ4n) is 5.89. The number of β-lactam (4-membered cyclic amide) rings is 1. The molecule has 4 amide bonds. The molecule has 0 aliphatic carbocycles. The van der Waals surface area contributed by atoms with E-state index in [1.165, 1.54) is 23.6 Å². The Morgan fingerprint density at radius 2 is 1.79 bits per heavy atom. The van der Waals surface area contributed by atoms with Crippen molar-refractivity contribution in [2.24, 2.45) is 11.8 Å². The van der Waals surface area contributed by atoms with Crippen molar-refractivity contribution >= 4 is 41.4 Å². The van der Waals surface area contributed by atoms with E-state index in [4.69, 9.17) is 0 Å². The van der Waals surface area contributed by atoms with Crippen LogP contribution in [0.1, 0.15) is 20.3 Å². The van der Waals surface area contributed by atoms with Crippen molar-refractivity contribution in [2.75, 3.05) is 46.3 Å². The van der Waals surface area contributed by atoms with Crippen molar-refractivity contribution < 1.29 is 37.9 Å². The summed E-state index contributed by atoms with van der Waals surface area (Å²) in [4.78, 5) is 66.9. The summed E-state index contributed by atoms with van der Waals surface area (Å²) in [5.74, 6) is -4.52. The van der Waals surface area contributed by atoms with Gasteiger partial charge in [-0.05, 0) is 20.4 Å². The van der Waals surface area contributed by atoms with Gasteiger partial charge in [-0.15, -0.1) is 11.8 Å². The van der Waals surface area contributed by atoms with E-state index >= 15 is 0 Å². The predicted molar refractivity (Wildman–Crippen MR) is 136 cm³/mol. The number of nitrogens with zero attached hydrogens (tertiary/aromatic N) is 3. The van der Waals surface area contributed by atoms with Crippen molar-refractivity contribution in [3.05, 3.63) is 10.6 Å². The Bertz CT molecular complexity index is 1070. The van der Waals surface area contributed by atoms with Crippen LogP contribution in [0.15, 0.2) is 10.6 Å². The molecule has 4 aliphatic rings. The molecule has 12 nitrogen and oxygen atoms in total. The summed E-state index contributed by atoms with van der Waals surface area (Å²) in [7, 11) is 1.70. The number of nitrogens with one attached hydrogen (secondary N) is 3. The first-order valence-electron chi connectivity index (χ1n) is 13.0. The van der Waals surface area contributed by atoms with Crippen molar-refractivity contribution in [2.45, 2.75) is 50.1 Å². The first-order chi connectivity index (χ1) is 18.5. The van der Waals surface area contributed by atoms with Crippen molar-refractivity contribution in [3.8, 4) is 0 Å². The van der Waals surface area contributed by atoms with Gasteiger partial charge in [0.2, 0.25) is 17.7 Å². The molecule has 3 fully saturated rings. The molecule has 0 spiro atoms. The molecule has 0 bridgehead atoms. The monoisotopic (exact) mass is 572 g/mol. The van der Waals surface area contributed by atoms with Crippen molar-refractivity contribution in [3.63, 3.8) is 0 Å². The molecule has 3 saturated heterocycles. The van der Waals surface area contributed by atoms with Crippen LogP contribution in [-0.4, -0.2) is 126 Å². The standard InChI is InChI=1S/C24H34F2N6O6S/c1-11-17-16(12(2)29-21(34)20(25)26)23(36)32(17)18(24(37)38)19(11)39-13-8-14(28-9-13)22(35)31-6-4-30(5-7-31)15(33)10-27-3/h11-14,16-17,20,27-28H,4-10H2,1-3H3,(H,29,34)(H,37,38)/t11-,12-,13+,14+,16-,17+/m1/s1. The number of rotatable bonds is 9. The molecule has 4 heterocycles. The Kier molecular flexibility index (Phi) is 8.81. The maximum Gasteiger partial charge on any atom is 0.353 e. The maximum atomic E-state index is 13.1. The number of carboxylic acid groups (broad SMARTS) is 1. The number of fused-ring (bicyclic) bond motifs is 1. The molecule has 39 heavy (non-hydrogen) atoms. The number of hydrogen-bond donors (Lipinski definition) is 4. The zero-order valence-corrected chi connectivity index (χ0v) is 22.8. The van der Waals surface area contributed by atoms with Gasteiger partial charge < -0.3 is 35.8 Å². The number of carboxylic acids is 1. The molecule has 0 radical (unpaired) electrons. The molecule has 216 valence electrons. The maximum absolute atomic E-state index is 13.1. The Hall–Kier alpha value is -2.78. The van der Waals surface area contributed by atoms with Gasteiger partial charge in [-0.1, -0.05) is 6.92 Å². The summed E-state index contributed by atoms with van der Waals surface area (Å²) in [5.41, 5.74) is -0.122. The van der Waals surface area contributed by atoms with E-state index in [2.05, 4.69) is 16.0 Å². The highest BCUT2D eigenvalue weighted by atomic mass is 32.2. The molecule has 4 aliphatic heterocycles. The summed E-state index contributed by atoms with van der Waals surface area (Å²) in [6.07, 6.45) is -2.75. The number of alkyl halides is 2. The molecular weight excluding hydrogens is 538 g/mol. The molecule has 0 aromatic rings. The second-order valence-corrected chi connectivity index (χ2v) is 11.6. The van der Waals surface area contributed by atoms with Gasteiger partial charge in [0.05, 0.1) is 24.5 Å². The van der Waals surface area contributed by atoms with Gasteiger partial charge in [-0.25, -0.2) is 4.79 Å². The average Bonchev–Trinajstić information content (AvgIpc) is 3.45. The quantitative estimate of drug-likeness (QED) is 0.252. The zero-order chi connectivity index (χ0) is 28.6. The van der Waals surface area contributed by atoms with Crippen LogP contribution in [0.2, 0.25) is 0 Å². The first kappa shape index (κ1) is 29.2. The van der Waals surface area contributed by atoms with Crippen molar-refractivity contribution in [1.29, 1.82) is 0 Å². The number of hydrogen-bond acceptors (Lipinski definition) is 8. The molecule has 4 rings (SSSR count). The highest BCUT2D eigenvalue weighted by molar-refractivity contribution is 8.03. The van der Waals surface area contributed by atoms with Gasteiger partial charge in [0.1, 0.15) is 5.70 Å². The SMILES string of the molecule is CNCC(=O)N1CCN(C(=O)[C@@H]2C[C@H](SC3=C(C(=O)O)N4C(=O)[C@H]([C@@H](C)NC(=O)C(F)F)[C@@H]4[C@H]3C)CN2)CC1. The smallest absolute Gasteiger partial charge is 0.353 e. The van der Waals surface area contributed by atoms with E-state index in [0.717, 1.165) is 0 Å². The number of halogens is 2. The van der Waals surface area contributed by atoms with Gasteiger partial charge in [0, 0.05) is 54.8 Å². The topological polar surface area (TPSA) is 151 Å². The van der Waals surface area contributed by atoms with Crippen LogP contribution in [0.5, 0.6) is 0 Å². The zero-order valence-electron chi connectivity index (χ0n) is 22.0. The molecule has 0 aromatic carbocycles. The average molecular weight is 573 g/mol. The molecule has 6 atom stereocenters. The third-order valence-electron chi connectivity index (χ3n) is 7.85. The number of amides is 4. The predicted octanol–water partition coefficient (Wildman–Crippen LogP) is -1.12. The van der Waals surface area contributed by atoms with Crippen LogP contribution in [0.3, 0.4) is 0 Å². The fourth-order valence-corrected chi connectivity index (χ4v) is 7.37. The van der Waals surface area contributed by atoms with Crippen molar-refractivity contribution in [1.82, 2.24) is 30.7 Å². The van der Waals surface area contributed by atoms with Crippen LogP contribution in [0, 0.1) is 11.8 Å². The number of aliphatic carboxylic acids is 1. The molecule has 0 saturated carbocycles.